The van der Waals surface area contributed by atoms with Gasteiger partial charge in [0.15, 0.2) is 5.13 Å². The first-order valence-corrected chi connectivity index (χ1v) is 9.03. The maximum Gasteiger partial charge on any atom is 0.321 e. The standard InChI is InChI=1S/C17H21N5O2S/c1-18-16(24)20-15(23)14(13-5-3-2-4-6-13)21-8-10-22(11-9-21)17-19-7-12-25-17/h2-7,12,14H,8-11H2,1H3,(H2,18,20,23,24). The predicted octanol–water partition coefficient (Wildman–Crippen LogP) is 1.46. The molecule has 1 aromatic carbocycles. The van der Waals surface area contributed by atoms with Gasteiger partial charge in [0, 0.05) is 44.8 Å². The summed E-state index contributed by atoms with van der Waals surface area (Å²) >= 11 is 1.62. The predicted molar refractivity (Wildman–Crippen MR) is 97.7 cm³/mol. The Kier molecular flexibility index (Phi) is 5.62. The molecule has 1 fully saturated rings. The van der Waals surface area contributed by atoms with Crippen LogP contribution in [-0.4, -0.2) is 55.0 Å². The number of rotatable bonds is 4. The molecule has 1 unspecified atom stereocenters. The number of anilines is 1. The fourth-order valence-electron chi connectivity index (χ4n) is 2.95. The number of urea groups is 1. The molecule has 0 saturated carbocycles. The molecule has 0 aliphatic carbocycles. The van der Waals surface area contributed by atoms with Crippen molar-refractivity contribution in [3.63, 3.8) is 0 Å². The van der Waals surface area contributed by atoms with E-state index in [1.165, 1.54) is 7.05 Å². The number of piperazine rings is 1. The first kappa shape index (κ1) is 17.4. The molecule has 2 heterocycles. The van der Waals surface area contributed by atoms with Crippen molar-refractivity contribution >= 4 is 28.4 Å². The SMILES string of the molecule is CNC(=O)NC(=O)C(c1ccccc1)N1CCN(c2nccs2)CC1. The summed E-state index contributed by atoms with van der Waals surface area (Å²) in [5.41, 5.74) is 0.881. The van der Waals surface area contributed by atoms with E-state index in [-0.39, 0.29) is 5.91 Å². The average molecular weight is 359 g/mol. The Morgan fingerprint density at radius 1 is 1.16 bits per heavy atom. The number of hydrogen-bond acceptors (Lipinski definition) is 6. The van der Waals surface area contributed by atoms with Gasteiger partial charge in [-0.15, -0.1) is 11.3 Å². The van der Waals surface area contributed by atoms with Gasteiger partial charge < -0.3 is 10.2 Å². The van der Waals surface area contributed by atoms with Crippen molar-refractivity contribution < 1.29 is 9.59 Å². The summed E-state index contributed by atoms with van der Waals surface area (Å²) in [4.78, 5) is 32.9. The van der Waals surface area contributed by atoms with E-state index in [0.717, 1.165) is 36.9 Å². The van der Waals surface area contributed by atoms with Crippen molar-refractivity contribution in [3.05, 3.63) is 47.5 Å². The Morgan fingerprint density at radius 2 is 1.88 bits per heavy atom. The maximum atomic E-state index is 12.7. The summed E-state index contributed by atoms with van der Waals surface area (Å²) in [6, 6.07) is 8.58. The number of carbonyl (C=O) groups is 2. The molecule has 1 saturated heterocycles. The van der Waals surface area contributed by atoms with Gasteiger partial charge in [-0.2, -0.15) is 0 Å². The Morgan fingerprint density at radius 3 is 2.48 bits per heavy atom. The van der Waals surface area contributed by atoms with E-state index in [1.54, 1.807) is 17.5 Å². The Bertz CT molecular complexity index is 699. The number of thiazole rings is 1. The minimum Gasteiger partial charge on any atom is -0.346 e. The lowest BCUT2D eigenvalue weighted by Crippen LogP contribution is -2.52. The summed E-state index contributed by atoms with van der Waals surface area (Å²) in [7, 11) is 1.49. The van der Waals surface area contributed by atoms with E-state index in [2.05, 4.69) is 25.4 Å². The van der Waals surface area contributed by atoms with Crippen LogP contribution in [0.3, 0.4) is 0 Å². The van der Waals surface area contributed by atoms with Crippen molar-refractivity contribution in [3.8, 4) is 0 Å². The number of aromatic nitrogens is 1. The molecule has 3 rings (SSSR count). The molecular weight excluding hydrogens is 338 g/mol. The lowest BCUT2D eigenvalue weighted by molar-refractivity contribution is -0.125. The van der Waals surface area contributed by atoms with Crippen LogP contribution in [0.1, 0.15) is 11.6 Å². The number of carbonyl (C=O) groups excluding carboxylic acids is 2. The van der Waals surface area contributed by atoms with Crippen LogP contribution >= 0.6 is 11.3 Å². The third-order valence-corrected chi connectivity index (χ3v) is 5.03. The Balaban J connectivity index is 1.74. The van der Waals surface area contributed by atoms with Crippen LogP contribution in [0.25, 0.3) is 0 Å². The van der Waals surface area contributed by atoms with Gasteiger partial charge in [0.1, 0.15) is 6.04 Å². The largest absolute Gasteiger partial charge is 0.346 e. The minimum absolute atomic E-state index is 0.312. The highest BCUT2D eigenvalue weighted by atomic mass is 32.1. The van der Waals surface area contributed by atoms with E-state index in [0.29, 0.717) is 0 Å². The van der Waals surface area contributed by atoms with Crippen molar-refractivity contribution in [2.75, 3.05) is 38.1 Å². The van der Waals surface area contributed by atoms with Gasteiger partial charge in [-0.25, -0.2) is 9.78 Å². The van der Waals surface area contributed by atoms with Gasteiger partial charge >= 0.3 is 6.03 Å². The van der Waals surface area contributed by atoms with Crippen molar-refractivity contribution in [2.24, 2.45) is 0 Å². The number of hydrogen-bond donors (Lipinski definition) is 2. The number of nitrogens with zero attached hydrogens (tertiary/aromatic N) is 3. The summed E-state index contributed by atoms with van der Waals surface area (Å²) in [6.07, 6.45) is 1.80. The second kappa shape index (κ2) is 8.09. The van der Waals surface area contributed by atoms with E-state index < -0.39 is 12.1 Å². The van der Waals surface area contributed by atoms with Crippen LogP contribution in [0.4, 0.5) is 9.93 Å². The molecule has 0 spiro atoms. The number of imide groups is 1. The summed E-state index contributed by atoms with van der Waals surface area (Å²) in [5, 5.41) is 7.80. The van der Waals surface area contributed by atoms with Crippen LogP contribution in [0.15, 0.2) is 41.9 Å². The van der Waals surface area contributed by atoms with Gasteiger partial charge in [0.25, 0.3) is 0 Å². The summed E-state index contributed by atoms with van der Waals surface area (Å²) in [5.74, 6) is -0.312. The molecule has 0 radical (unpaired) electrons. The second-order valence-corrected chi connectivity index (χ2v) is 6.59. The smallest absolute Gasteiger partial charge is 0.321 e. The molecule has 7 nitrogen and oxygen atoms in total. The monoisotopic (exact) mass is 359 g/mol. The molecule has 1 aliphatic heterocycles. The fourth-order valence-corrected chi connectivity index (χ4v) is 3.65. The van der Waals surface area contributed by atoms with Crippen LogP contribution in [0.5, 0.6) is 0 Å². The molecule has 2 N–H and O–H groups in total. The van der Waals surface area contributed by atoms with E-state index in [9.17, 15) is 9.59 Å². The lowest BCUT2D eigenvalue weighted by atomic mass is 10.0. The van der Waals surface area contributed by atoms with Crippen molar-refractivity contribution in [1.29, 1.82) is 0 Å². The van der Waals surface area contributed by atoms with Crippen molar-refractivity contribution in [2.45, 2.75) is 6.04 Å². The molecule has 0 bridgehead atoms. The molecule has 1 aromatic heterocycles. The zero-order chi connectivity index (χ0) is 17.6. The molecule has 132 valence electrons. The third-order valence-electron chi connectivity index (χ3n) is 4.20. The highest BCUT2D eigenvalue weighted by Gasteiger charge is 2.31. The van der Waals surface area contributed by atoms with Gasteiger partial charge in [0.2, 0.25) is 5.91 Å². The summed E-state index contributed by atoms with van der Waals surface area (Å²) < 4.78 is 0. The highest BCUT2D eigenvalue weighted by molar-refractivity contribution is 7.13. The minimum atomic E-state index is -0.493. The molecule has 8 heteroatoms. The van der Waals surface area contributed by atoms with Crippen LogP contribution in [0.2, 0.25) is 0 Å². The normalized spacial score (nSPS) is 16.3. The van der Waals surface area contributed by atoms with Gasteiger partial charge in [-0.05, 0) is 5.56 Å². The highest BCUT2D eigenvalue weighted by Crippen LogP contribution is 2.25. The van der Waals surface area contributed by atoms with Crippen molar-refractivity contribution in [1.82, 2.24) is 20.5 Å². The average Bonchev–Trinajstić information content (AvgIpc) is 3.18. The lowest BCUT2D eigenvalue weighted by Gasteiger charge is -2.38. The zero-order valence-electron chi connectivity index (χ0n) is 14.0. The van der Waals surface area contributed by atoms with E-state index in [4.69, 9.17) is 0 Å². The topological polar surface area (TPSA) is 77.6 Å². The maximum absolute atomic E-state index is 12.7. The first-order chi connectivity index (χ1) is 12.2. The first-order valence-electron chi connectivity index (χ1n) is 8.15. The second-order valence-electron chi connectivity index (χ2n) is 5.72. The van der Waals surface area contributed by atoms with Crippen LogP contribution < -0.4 is 15.5 Å². The quantitative estimate of drug-likeness (QED) is 0.864. The summed E-state index contributed by atoms with van der Waals surface area (Å²) in [6.45, 7) is 3.04. The Hall–Kier alpha value is -2.45. The third kappa shape index (κ3) is 4.15. The molecule has 25 heavy (non-hydrogen) atoms. The zero-order valence-corrected chi connectivity index (χ0v) is 14.8. The van der Waals surface area contributed by atoms with E-state index in [1.807, 2.05) is 35.7 Å². The molecule has 1 aliphatic rings. The number of amides is 3. The molecule has 2 aromatic rings. The number of nitrogens with one attached hydrogen (secondary N) is 2. The van der Waals surface area contributed by atoms with Gasteiger partial charge in [0.05, 0.1) is 0 Å². The molecule has 1 atom stereocenters. The molecular formula is C17H21N5O2S. The fraction of sp³-hybridized carbons (Fsp3) is 0.353. The number of benzene rings is 1. The van der Waals surface area contributed by atoms with E-state index >= 15 is 0 Å². The van der Waals surface area contributed by atoms with Crippen LogP contribution in [-0.2, 0) is 4.79 Å². The van der Waals surface area contributed by atoms with Gasteiger partial charge in [-0.1, -0.05) is 30.3 Å². The van der Waals surface area contributed by atoms with Gasteiger partial charge in [-0.3, -0.25) is 15.0 Å². The van der Waals surface area contributed by atoms with Crippen LogP contribution in [0, 0.1) is 0 Å². The molecule has 3 amide bonds. The Labute approximate surface area is 150 Å².